The Morgan fingerprint density at radius 1 is 1.33 bits per heavy atom. The van der Waals surface area contributed by atoms with Crippen molar-refractivity contribution in [1.82, 2.24) is 15.1 Å². The summed E-state index contributed by atoms with van der Waals surface area (Å²) in [6.45, 7) is 0. The molecule has 1 aliphatic heterocycles. The largest absolute Gasteiger partial charge is 0.497 e. The van der Waals surface area contributed by atoms with Gasteiger partial charge in [0.15, 0.2) is 0 Å². The number of amides is 1. The quantitative estimate of drug-likeness (QED) is 0.906. The highest BCUT2D eigenvalue weighted by atomic mass is 16.5. The third kappa shape index (κ3) is 1.94. The van der Waals surface area contributed by atoms with Crippen LogP contribution in [0.15, 0.2) is 30.5 Å². The molecule has 21 heavy (non-hydrogen) atoms. The zero-order chi connectivity index (χ0) is 14.4. The third-order valence-corrected chi connectivity index (χ3v) is 4.02. The Morgan fingerprint density at radius 3 is 2.86 bits per heavy atom. The van der Waals surface area contributed by atoms with Crippen LogP contribution in [0.3, 0.4) is 0 Å². The molecule has 1 unspecified atom stereocenters. The van der Waals surface area contributed by atoms with E-state index in [0.29, 0.717) is 17.4 Å². The van der Waals surface area contributed by atoms with E-state index in [-0.39, 0.29) is 12.1 Å². The molecule has 2 N–H and O–H groups in total. The van der Waals surface area contributed by atoms with Crippen LogP contribution in [-0.4, -0.2) is 34.2 Å². The van der Waals surface area contributed by atoms with Gasteiger partial charge in [0.25, 0.3) is 5.91 Å². The number of nitrogens with zero attached hydrogens (tertiary/aromatic N) is 2. The van der Waals surface area contributed by atoms with E-state index in [1.807, 2.05) is 23.1 Å². The van der Waals surface area contributed by atoms with Gasteiger partial charge in [-0.1, -0.05) is 0 Å². The number of benzene rings is 1. The molecule has 0 bridgehead atoms. The van der Waals surface area contributed by atoms with Gasteiger partial charge in [-0.3, -0.25) is 9.89 Å². The minimum Gasteiger partial charge on any atom is -0.497 e. The summed E-state index contributed by atoms with van der Waals surface area (Å²) in [6, 6.07) is 7.74. The predicted octanol–water partition coefficient (Wildman–Crippen LogP) is 2.15. The Balaban J connectivity index is 1.78. The first-order valence-electron chi connectivity index (χ1n) is 7.04. The monoisotopic (exact) mass is 284 g/mol. The topological polar surface area (TPSA) is 70.2 Å². The molecule has 2 heterocycles. The molecule has 6 nitrogen and oxygen atoms in total. The molecule has 1 aromatic carbocycles. The summed E-state index contributed by atoms with van der Waals surface area (Å²) in [5.74, 6) is 0.740. The third-order valence-electron chi connectivity index (χ3n) is 4.02. The van der Waals surface area contributed by atoms with Crippen LogP contribution in [0.1, 0.15) is 35.1 Å². The minimum atomic E-state index is -0.187. The summed E-state index contributed by atoms with van der Waals surface area (Å²) in [7, 11) is 1.61. The number of hydrogen-bond donors (Lipinski definition) is 2. The second-order valence-corrected chi connectivity index (χ2v) is 5.41. The van der Waals surface area contributed by atoms with Gasteiger partial charge in [0.1, 0.15) is 11.9 Å². The zero-order valence-corrected chi connectivity index (χ0v) is 11.7. The van der Waals surface area contributed by atoms with Crippen molar-refractivity contribution in [2.45, 2.75) is 25.0 Å². The van der Waals surface area contributed by atoms with Gasteiger partial charge in [-0.2, -0.15) is 5.10 Å². The first-order valence-corrected chi connectivity index (χ1v) is 7.04. The standard InChI is InChI=1S/C15H16N4O2/c1-21-10-4-5-12-11(8-10)15(20)19(9-2-3-9)14(17-12)13-6-7-16-18-13/h4-9,14,17H,2-3H2,1H3,(H,16,18). The van der Waals surface area contributed by atoms with E-state index in [4.69, 9.17) is 4.74 Å². The maximum Gasteiger partial charge on any atom is 0.258 e. The van der Waals surface area contributed by atoms with Crippen molar-refractivity contribution in [3.63, 3.8) is 0 Å². The van der Waals surface area contributed by atoms with E-state index in [2.05, 4.69) is 15.5 Å². The smallest absolute Gasteiger partial charge is 0.258 e. The number of ether oxygens (including phenoxy) is 1. The first kappa shape index (κ1) is 12.3. The molecule has 1 amide bonds. The molecule has 1 saturated carbocycles. The van der Waals surface area contributed by atoms with Crippen molar-refractivity contribution in [3.05, 3.63) is 41.7 Å². The molecular weight excluding hydrogens is 268 g/mol. The molecule has 1 aliphatic carbocycles. The predicted molar refractivity (Wildman–Crippen MR) is 77.1 cm³/mol. The normalized spacial score (nSPS) is 20.9. The van der Waals surface area contributed by atoms with Crippen LogP contribution in [0.2, 0.25) is 0 Å². The number of rotatable bonds is 3. The number of methoxy groups -OCH3 is 1. The average Bonchev–Trinajstić information content (AvgIpc) is 3.20. The van der Waals surface area contributed by atoms with Crippen molar-refractivity contribution in [2.24, 2.45) is 0 Å². The van der Waals surface area contributed by atoms with Gasteiger partial charge in [-0.15, -0.1) is 0 Å². The van der Waals surface area contributed by atoms with Crippen LogP contribution in [-0.2, 0) is 0 Å². The van der Waals surface area contributed by atoms with Gasteiger partial charge in [-0.05, 0) is 37.1 Å². The highest BCUT2D eigenvalue weighted by Gasteiger charge is 2.42. The van der Waals surface area contributed by atoms with Crippen molar-refractivity contribution in [1.29, 1.82) is 0 Å². The van der Waals surface area contributed by atoms with Gasteiger partial charge in [0.2, 0.25) is 0 Å². The fraction of sp³-hybridized carbons (Fsp3) is 0.333. The maximum absolute atomic E-state index is 12.9. The van der Waals surface area contributed by atoms with E-state index < -0.39 is 0 Å². The maximum atomic E-state index is 12.9. The Labute approximate surface area is 122 Å². The molecule has 2 aromatic rings. The van der Waals surface area contributed by atoms with E-state index in [1.165, 1.54) is 0 Å². The van der Waals surface area contributed by atoms with Crippen molar-refractivity contribution >= 4 is 11.6 Å². The van der Waals surface area contributed by atoms with E-state index in [1.54, 1.807) is 19.4 Å². The summed E-state index contributed by atoms with van der Waals surface area (Å²) in [6.07, 6.45) is 3.62. The van der Waals surface area contributed by atoms with Crippen LogP contribution in [0.25, 0.3) is 0 Å². The molecule has 4 rings (SSSR count). The van der Waals surface area contributed by atoms with Gasteiger partial charge in [0, 0.05) is 17.9 Å². The van der Waals surface area contributed by atoms with Crippen LogP contribution in [0, 0.1) is 0 Å². The molecule has 6 heteroatoms. The zero-order valence-electron chi connectivity index (χ0n) is 11.7. The van der Waals surface area contributed by atoms with E-state index in [9.17, 15) is 4.79 Å². The van der Waals surface area contributed by atoms with Crippen LogP contribution < -0.4 is 10.1 Å². The summed E-state index contributed by atoms with van der Waals surface area (Å²) in [5, 5.41) is 10.4. The molecule has 0 radical (unpaired) electrons. The van der Waals surface area contributed by atoms with Gasteiger partial charge < -0.3 is 15.0 Å². The van der Waals surface area contributed by atoms with Crippen molar-refractivity contribution in [3.8, 4) is 5.75 Å². The Kier molecular flexibility index (Phi) is 2.63. The lowest BCUT2D eigenvalue weighted by Crippen LogP contribution is -2.44. The second-order valence-electron chi connectivity index (χ2n) is 5.41. The minimum absolute atomic E-state index is 0.0461. The number of H-pyrrole nitrogens is 1. The number of carbonyl (C=O) groups is 1. The van der Waals surface area contributed by atoms with Gasteiger partial charge in [0.05, 0.1) is 18.4 Å². The lowest BCUT2D eigenvalue weighted by Gasteiger charge is -2.37. The Hall–Kier alpha value is -2.50. The van der Waals surface area contributed by atoms with E-state index >= 15 is 0 Å². The average molecular weight is 284 g/mol. The van der Waals surface area contributed by atoms with Crippen LogP contribution in [0.5, 0.6) is 5.75 Å². The van der Waals surface area contributed by atoms with E-state index in [0.717, 1.165) is 24.2 Å². The summed E-state index contributed by atoms with van der Waals surface area (Å²) in [5.41, 5.74) is 2.39. The molecular formula is C15H16N4O2. The SMILES string of the molecule is COc1ccc2c(c1)C(=O)N(C1CC1)C(c1ccn[nH]1)N2. The van der Waals surface area contributed by atoms with Crippen molar-refractivity contribution in [2.75, 3.05) is 12.4 Å². The molecule has 0 spiro atoms. The number of hydrogen-bond acceptors (Lipinski definition) is 4. The Bertz CT molecular complexity index is 679. The number of carbonyl (C=O) groups excluding carboxylic acids is 1. The molecule has 1 fully saturated rings. The molecule has 0 saturated heterocycles. The van der Waals surface area contributed by atoms with Crippen molar-refractivity contribution < 1.29 is 9.53 Å². The summed E-state index contributed by atoms with van der Waals surface area (Å²) < 4.78 is 5.22. The Morgan fingerprint density at radius 2 is 2.19 bits per heavy atom. The summed E-state index contributed by atoms with van der Waals surface area (Å²) >= 11 is 0. The number of nitrogens with one attached hydrogen (secondary N) is 2. The molecule has 1 atom stereocenters. The lowest BCUT2D eigenvalue weighted by atomic mass is 10.1. The summed E-state index contributed by atoms with van der Waals surface area (Å²) in [4.78, 5) is 14.8. The van der Waals surface area contributed by atoms with Crippen LogP contribution >= 0.6 is 0 Å². The number of anilines is 1. The highest BCUT2D eigenvalue weighted by molar-refractivity contribution is 6.02. The van der Waals surface area contributed by atoms with Gasteiger partial charge >= 0.3 is 0 Å². The lowest BCUT2D eigenvalue weighted by molar-refractivity contribution is 0.0662. The molecule has 108 valence electrons. The van der Waals surface area contributed by atoms with Gasteiger partial charge in [-0.25, -0.2) is 0 Å². The number of aromatic nitrogens is 2. The first-order chi connectivity index (χ1) is 10.3. The molecule has 2 aliphatic rings. The number of fused-ring (bicyclic) bond motifs is 1. The highest BCUT2D eigenvalue weighted by Crippen LogP contribution is 2.41. The van der Waals surface area contributed by atoms with Crippen LogP contribution in [0.4, 0.5) is 5.69 Å². The number of aromatic amines is 1. The fourth-order valence-corrected chi connectivity index (χ4v) is 2.80. The molecule has 1 aromatic heterocycles. The fourth-order valence-electron chi connectivity index (χ4n) is 2.80. The second kappa shape index (κ2) is 4.51.